The van der Waals surface area contributed by atoms with Gasteiger partial charge in [-0.1, -0.05) is 19.3 Å². The van der Waals surface area contributed by atoms with Crippen LogP contribution in [0.25, 0.3) is 0 Å². The molecule has 3 rings (SSSR count). The van der Waals surface area contributed by atoms with E-state index in [0.717, 1.165) is 24.8 Å². The van der Waals surface area contributed by atoms with Crippen molar-refractivity contribution < 1.29 is 4.79 Å². The molecule has 0 spiro atoms. The molecule has 3 aliphatic rings. The van der Waals surface area contributed by atoms with E-state index in [4.69, 9.17) is 0 Å². The van der Waals surface area contributed by atoms with Gasteiger partial charge in [-0.25, -0.2) is 0 Å². The number of hydrogen-bond acceptors (Lipinski definition) is 2. The second kappa shape index (κ2) is 4.60. The monoisotopic (exact) mass is 236 g/mol. The van der Waals surface area contributed by atoms with Gasteiger partial charge in [0.2, 0.25) is 5.91 Å². The largest absolute Gasteiger partial charge is 0.338 e. The lowest BCUT2D eigenvalue weighted by molar-refractivity contribution is -0.136. The van der Waals surface area contributed by atoms with Gasteiger partial charge >= 0.3 is 0 Å². The summed E-state index contributed by atoms with van der Waals surface area (Å²) in [6.07, 6.45) is 8.89. The topological polar surface area (TPSA) is 32.3 Å². The highest BCUT2D eigenvalue weighted by atomic mass is 16.2. The van der Waals surface area contributed by atoms with E-state index in [1.807, 2.05) is 7.05 Å². The molecule has 2 saturated carbocycles. The fraction of sp³-hybridized carbons (Fsp3) is 0.929. The molecule has 2 aliphatic carbocycles. The first-order chi connectivity index (χ1) is 8.29. The summed E-state index contributed by atoms with van der Waals surface area (Å²) in [5.74, 6) is 2.02. The Balaban J connectivity index is 1.73. The number of rotatable bonds is 2. The van der Waals surface area contributed by atoms with Crippen LogP contribution in [0.15, 0.2) is 0 Å². The van der Waals surface area contributed by atoms with Crippen molar-refractivity contribution in [3.63, 3.8) is 0 Å². The first-order valence-corrected chi connectivity index (χ1v) is 7.27. The van der Waals surface area contributed by atoms with E-state index in [-0.39, 0.29) is 6.04 Å². The van der Waals surface area contributed by atoms with E-state index in [9.17, 15) is 4.79 Å². The summed E-state index contributed by atoms with van der Waals surface area (Å²) in [5.41, 5.74) is 0. The molecule has 0 bridgehead atoms. The molecule has 0 radical (unpaired) electrons. The lowest BCUT2D eigenvalue weighted by atomic mass is 9.93. The van der Waals surface area contributed by atoms with Gasteiger partial charge in [0.15, 0.2) is 0 Å². The van der Waals surface area contributed by atoms with Crippen LogP contribution in [0.5, 0.6) is 0 Å². The van der Waals surface area contributed by atoms with Crippen molar-refractivity contribution >= 4 is 5.91 Å². The number of likely N-dealkylation sites (tertiary alicyclic amines) is 1. The summed E-state index contributed by atoms with van der Waals surface area (Å²) in [6, 6.07) is 0.640. The highest BCUT2D eigenvalue weighted by molar-refractivity contribution is 5.82. The van der Waals surface area contributed by atoms with E-state index >= 15 is 0 Å². The third-order valence-electron chi connectivity index (χ3n) is 4.98. The number of amides is 1. The van der Waals surface area contributed by atoms with E-state index in [0.29, 0.717) is 11.9 Å². The maximum atomic E-state index is 12.5. The molecule has 3 heteroatoms. The van der Waals surface area contributed by atoms with Crippen molar-refractivity contribution in [2.75, 3.05) is 13.6 Å². The molecule has 0 aromatic carbocycles. The molecular weight excluding hydrogens is 212 g/mol. The van der Waals surface area contributed by atoms with Crippen LogP contribution >= 0.6 is 0 Å². The number of fused-ring (bicyclic) bond motifs is 1. The van der Waals surface area contributed by atoms with Crippen molar-refractivity contribution in [2.45, 2.75) is 57.0 Å². The summed E-state index contributed by atoms with van der Waals surface area (Å²) < 4.78 is 0. The number of likely N-dealkylation sites (N-methyl/N-ethyl adjacent to an activating group) is 1. The quantitative estimate of drug-likeness (QED) is 0.792. The molecule has 0 aromatic heterocycles. The van der Waals surface area contributed by atoms with Gasteiger partial charge in [0.1, 0.15) is 0 Å². The predicted molar refractivity (Wildman–Crippen MR) is 67.6 cm³/mol. The van der Waals surface area contributed by atoms with Crippen LogP contribution in [0, 0.1) is 11.8 Å². The zero-order chi connectivity index (χ0) is 11.8. The Morgan fingerprint density at radius 2 is 1.88 bits per heavy atom. The molecule has 0 aromatic rings. The zero-order valence-electron chi connectivity index (χ0n) is 10.8. The molecule has 1 heterocycles. The second-order valence-corrected chi connectivity index (χ2v) is 6.12. The number of nitrogens with zero attached hydrogens (tertiary/aromatic N) is 1. The Morgan fingerprint density at radius 1 is 1.12 bits per heavy atom. The van der Waals surface area contributed by atoms with Gasteiger partial charge < -0.3 is 10.2 Å². The lowest BCUT2D eigenvalue weighted by Crippen LogP contribution is -2.49. The van der Waals surface area contributed by atoms with Crippen molar-refractivity contribution in [3.8, 4) is 0 Å². The Morgan fingerprint density at radius 3 is 2.59 bits per heavy atom. The van der Waals surface area contributed by atoms with Crippen LogP contribution in [0.4, 0.5) is 0 Å². The maximum Gasteiger partial charge on any atom is 0.239 e. The maximum absolute atomic E-state index is 12.5. The summed E-state index contributed by atoms with van der Waals surface area (Å²) in [5, 5.41) is 3.23. The Labute approximate surface area is 104 Å². The van der Waals surface area contributed by atoms with Crippen molar-refractivity contribution in [3.05, 3.63) is 0 Å². The van der Waals surface area contributed by atoms with Crippen LogP contribution in [0.3, 0.4) is 0 Å². The van der Waals surface area contributed by atoms with E-state index < -0.39 is 0 Å². The van der Waals surface area contributed by atoms with Gasteiger partial charge in [0.25, 0.3) is 0 Å². The van der Waals surface area contributed by atoms with Crippen LogP contribution in [-0.4, -0.2) is 36.5 Å². The molecule has 3 atom stereocenters. The van der Waals surface area contributed by atoms with Crippen molar-refractivity contribution in [1.82, 2.24) is 10.2 Å². The van der Waals surface area contributed by atoms with Gasteiger partial charge in [-0.05, 0) is 44.6 Å². The van der Waals surface area contributed by atoms with Crippen molar-refractivity contribution in [2.24, 2.45) is 11.8 Å². The smallest absolute Gasteiger partial charge is 0.239 e. The van der Waals surface area contributed by atoms with Crippen molar-refractivity contribution in [1.29, 1.82) is 0 Å². The van der Waals surface area contributed by atoms with Crippen LogP contribution in [0.1, 0.15) is 44.9 Å². The summed E-state index contributed by atoms with van der Waals surface area (Å²) in [4.78, 5) is 14.7. The molecule has 1 amide bonds. The molecular formula is C14H24N2O. The second-order valence-electron chi connectivity index (χ2n) is 6.12. The number of hydrogen-bond donors (Lipinski definition) is 1. The van der Waals surface area contributed by atoms with Gasteiger partial charge in [0.05, 0.1) is 6.04 Å². The molecule has 1 saturated heterocycles. The highest BCUT2D eigenvalue weighted by Gasteiger charge is 2.46. The standard InChI is InChI=1S/C14H24N2O/c1-15-13-8-10-7-11(10)9-16(14(13)17)12-5-3-2-4-6-12/h10-13,15H,2-9H2,1H3. The minimum atomic E-state index is 0.0921. The number of nitrogens with one attached hydrogen (secondary N) is 1. The number of carbonyl (C=O) groups excluding carboxylic acids is 1. The van der Waals surface area contributed by atoms with E-state index in [1.165, 1.54) is 38.5 Å². The van der Waals surface area contributed by atoms with Crippen LogP contribution < -0.4 is 5.32 Å². The van der Waals surface area contributed by atoms with Crippen LogP contribution in [-0.2, 0) is 4.79 Å². The normalized spacial score (nSPS) is 38.8. The minimum absolute atomic E-state index is 0.0921. The SMILES string of the molecule is CNC1CC2CC2CN(C2CCCCC2)C1=O. The molecule has 1 N–H and O–H groups in total. The van der Waals surface area contributed by atoms with E-state index in [1.54, 1.807) is 0 Å². The minimum Gasteiger partial charge on any atom is -0.338 e. The highest BCUT2D eigenvalue weighted by Crippen LogP contribution is 2.45. The first-order valence-electron chi connectivity index (χ1n) is 7.27. The molecule has 3 nitrogen and oxygen atoms in total. The van der Waals surface area contributed by atoms with Gasteiger partial charge in [-0.2, -0.15) is 0 Å². The zero-order valence-corrected chi connectivity index (χ0v) is 10.8. The first kappa shape index (κ1) is 11.5. The van der Waals surface area contributed by atoms with Gasteiger partial charge in [-0.15, -0.1) is 0 Å². The summed E-state index contributed by atoms with van der Waals surface area (Å²) in [7, 11) is 1.93. The molecule has 3 unspecified atom stereocenters. The lowest BCUT2D eigenvalue weighted by Gasteiger charge is -2.35. The number of carbonyl (C=O) groups is 1. The molecule has 1 aliphatic heterocycles. The Bertz CT molecular complexity index is 299. The average molecular weight is 236 g/mol. The Kier molecular flexibility index (Phi) is 3.12. The van der Waals surface area contributed by atoms with Gasteiger partial charge in [-0.3, -0.25) is 4.79 Å². The molecule has 96 valence electrons. The average Bonchev–Trinajstić information content (AvgIpc) is 3.11. The summed E-state index contributed by atoms with van der Waals surface area (Å²) in [6.45, 7) is 1.05. The fourth-order valence-corrected chi connectivity index (χ4v) is 3.73. The molecule has 3 fully saturated rings. The molecule has 17 heavy (non-hydrogen) atoms. The van der Waals surface area contributed by atoms with E-state index in [2.05, 4.69) is 10.2 Å². The Hall–Kier alpha value is -0.570. The predicted octanol–water partition coefficient (Wildman–Crippen LogP) is 1.78. The summed E-state index contributed by atoms with van der Waals surface area (Å²) >= 11 is 0. The third-order valence-corrected chi connectivity index (χ3v) is 4.98. The third kappa shape index (κ3) is 2.22. The van der Waals surface area contributed by atoms with Crippen LogP contribution in [0.2, 0.25) is 0 Å². The fourth-order valence-electron chi connectivity index (χ4n) is 3.73. The van der Waals surface area contributed by atoms with Gasteiger partial charge in [0, 0.05) is 12.6 Å².